The molecule has 1 aromatic rings. The van der Waals surface area contributed by atoms with E-state index in [9.17, 15) is 8.42 Å². The van der Waals surface area contributed by atoms with E-state index in [0.717, 1.165) is 12.1 Å². The summed E-state index contributed by atoms with van der Waals surface area (Å²) in [4.78, 5) is 2.49. The van der Waals surface area contributed by atoms with Gasteiger partial charge in [-0.1, -0.05) is 59.8 Å². The fourth-order valence-electron chi connectivity index (χ4n) is 2.52. The normalized spacial score (nSPS) is 14.2. The Kier molecular flexibility index (Phi) is 6.14. The monoisotopic (exact) mass is 370 g/mol. The van der Waals surface area contributed by atoms with Gasteiger partial charge in [0.15, 0.2) is 0 Å². The molecule has 0 aromatic heterocycles. The highest BCUT2D eigenvalue weighted by atomic mass is 32.2. The highest BCUT2D eigenvalue weighted by molar-refractivity contribution is 7.91. The van der Waals surface area contributed by atoms with Crippen LogP contribution in [0.15, 0.2) is 29.2 Å². The van der Waals surface area contributed by atoms with Crippen LogP contribution in [0.5, 0.6) is 0 Å². The lowest BCUT2D eigenvalue weighted by atomic mass is 9.84. The Morgan fingerprint density at radius 1 is 1.00 bits per heavy atom. The molecule has 0 aliphatic carbocycles. The summed E-state index contributed by atoms with van der Waals surface area (Å²) in [6, 6.07) is 7.32. The molecule has 1 rings (SSSR count). The van der Waals surface area contributed by atoms with Crippen molar-refractivity contribution in [1.82, 2.24) is 9.29 Å². The summed E-state index contributed by atoms with van der Waals surface area (Å²) in [6.45, 7) is 15.6. The van der Waals surface area contributed by atoms with E-state index in [-0.39, 0.29) is 10.5 Å². The first-order valence-electron chi connectivity index (χ1n) is 8.38. The Balaban J connectivity index is 3.08. The molecule has 0 amide bonds. The molecule has 4 nitrogen and oxygen atoms in total. The number of hydrogen-bond acceptors (Lipinski definition) is 3. The van der Waals surface area contributed by atoms with Gasteiger partial charge in [-0.25, -0.2) is 12.8 Å². The van der Waals surface area contributed by atoms with Crippen LogP contribution in [0.2, 0.25) is 18.1 Å². The molecule has 0 atom stereocenters. The van der Waals surface area contributed by atoms with Crippen LogP contribution < -0.4 is 4.39 Å². The van der Waals surface area contributed by atoms with Gasteiger partial charge in [-0.05, 0) is 36.8 Å². The molecule has 0 saturated heterocycles. The van der Waals surface area contributed by atoms with Crippen LogP contribution in [-0.2, 0) is 15.4 Å². The van der Waals surface area contributed by atoms with Gasteiger partial charge in [0.1, 0.15) is 8.24 Å². The molecule has 0 fully saturated rings. The number of rotatable bonds is 6. The van der Waals surface area contributed by atoms with Gasteiger partial charge in [-0.2, -0.15) is 0 Å². The van der Waals surface area contributed by atoms with Gasteiger partial charge >= 0.3 is 0 Å². The van der Waals surface area contributed by atoms with Crippen molar-refractivity contribution in [1.29, 1.82) is 0 Å². The molecular weight excluding hydrogens is 336 g/mol. The number of sulfonamides is 1. The number of nitrogens with zero attached hydrogens (tertiary/aromatic N) is 1. The average molecular weight is 371 g/mol. The van der Waals surface area contributed by atoms with E-state index in [0.29, 0.717) is 4.90 Å². The Morgan fingerprint density at radius 2 is 1.46 bits per heavy atom. The van der Waals surface area contributed by atoms with Crippen molar-refractivity contribution in [3.05, 3.63) is 29.8 Å². The van der Waals surface area contributed by atoms with E-state index in [1.54, 1.807) is 12.1 Å². The third-order valence-corrected chi connectivity index (χ3v) is 12.7. The third kappa shape index (κ3) is 5.15. The molecule has 1 N–H and O–H groups in total. The third-order valence-electron chi connectivity index (χ3n) is 4.92. The van der Waals surface area contributed by atoms with Gasteiger partial charge in [-0.15, -0.1) is 0 Å². The van der Waals surface area contributed by atoms with Gasteiger partial charge in [-0.3, -0.25) is 0 Å². The predicted octanol–water partition coefficient (Wildman–Crippen LogP) is 3.81. The van der Waals surface area contributed by atoms with Crippen LogP contribution in [-0.4, -0.2) is 42.2 Å². The molecule has 0 heterocycles. The second-order valence-electron chi connectivity index (χ2n) is 9.13. The van der Waals surface area contributed by atoms with Gasteiger partial charge in [0.05, 0.1) is 4.90 Å². The summed E-state index contributed by atoms with van der Waals surface area (Å²) in [5.74, 6) is 0. The minimum Gasteiger partial charge on any atom is -0.309 e. The van der Waals surface area contributed by atoms with E-state index in [1.165, 1.54) is 0 Å². The average Bonchev–Trinajstić information content (AvgIpc) is 2.34. The first-order chi connectivity index (χ1) is 10.6. The highest BCUT2D eigenvalue weighted by Crippen LogP contribution is 2.35. The van der Waals surface area contributed by atoms with Crippen molar-refractivity contribution in [3.8, 4) is 0 Å². The maximum Gasteiger partial charge on any atom is 0.234 e. The molecule has 138 valence electrons. The minimum absolute atomic E-state index is 0.0291. The molecule has 6 heteroatoms. The quantitative estimate of drug-likeness (QED) is 0.775. The number of nitrogens with one attached hydrogen (secondary N) is 1. The summed E-state index contributed by atoms with van der Waals surface area (Å²) in [6.07, 6.45) is 0. The first kappa shape index (κ1) is 21.3. The topological polar surface area (TPSA) is 49.4 Å². The Bertz CT molecular complexity index is 657. The number of benzene rings is 1. The number of hydrogen-bond donors (Lipinski definition) is 1. The van der Waals surface area contributed by atoms with Crippen molar-refractivity contribution in [2.45, 2.75) is 63.1 Å². The van der Waals surface area contributed by atoms with Gasteiger partial charge in [0, 0.05) is 12.0 Å². The molecule has 24 heavy (non-hydrogen) atoms. The Labute approximate surface area is 149 Å². The fraction of sp³-hybridized carbons (Fsp3) is 0.667. The zero-order valence-corrected chi connectivity index (χ0v) is 18.5. The van der Waals surface area contributed by atoms with E-state index < -0.39 is 18.3 Å². The Hall–Kier alpha value is -0.693. The van der Waals surface area contributed by atoms with E-state index in [1.807, 2.05) is 26.2 Å². The van der Waals surface area contributed by atoms with Crippen LogP contribution in [0.4, 0.5) is 0 Å². The van der Waals surface area contributed by atoms with Crippen molar-refractivity contribution < 1.29 is 8.42 Å². The largest absolute Gasteiger partial charge is 0.309 e. The van der Waals surface area contributed by atoms with Gasteiger partial charge in [0.25, 0.3) is 0 Å². The van der Waals surface area contributed by atoms with Crippen molar-refractivity contribution in [2.75, 3.05) is 20.6 Å². The van der Waals surface area contributed by atoms with Gasteiger partial charge < -0.3 is 4.90 Å². The molecule has 0 radical (unpaired) electrons. The van der Waals surface area contributed by atoms with Crippen LogP contribution in [0.3, 0.4) is 0 Å². The van der Waals surface area contributed by atoms with Crippen LogP contribution in [0.25, 0.3) is 0 Å². The second-order valence-corrected chi connectivity index (χ2v) is 16.2. The first-order valence-corrected chi connectivity index (χ1v) is 12.9. The molecule has 0 aliphatic rings. The minimum atomic E-state index is -3.49. The van der Waals surface area contributed by atoms with Crippen LogP contribution >= 0.6 is 0 Å². The lowest BCUT2D eigenvalue weighted by Crippen LogP contribution is -2.54. The maximum absolute atomic E-state index is 12.7. The standard InChI is InChI=1S/C18H34N2O2SSi/c1-17(2,3)24(8,9)19-23(21,22)16-12-10-15(11-13-16)18(4,5)14-20(6)7/h10-13,19H,14H2,1-9H3. The predicted molar refractivity (Wildman–Crippen MR) is 106 cm³/mol. The summed E-state index contributed by atoms with van der Waals surface area (Å²) >= 11 is 0. The smallest absolute Gasteiger partial charge is 0.234 e. The molecule has 0 unspecified atom stereocenters. The van der Waals surface area contributed by atoms with Crippen molar-refractivity contribution >= 4 is 18.3 Å². The van der Waals surface area contributed by atoms with Crippen LogP contribution in [0, 0.1) is 0 Å². The Morgan fingerprint density at radius 3 is 1.83 bits per heavy atom. The van der Waals surface area contributed by atoms with Crippen LogP contribution in [0.1, 0.15) is 40.2 Å². The lowest BCUT2D eigenvalue weighted by molar-refractivity contribution is 0.315. The van der Waals surface area contributed by atoms with E-state index in [4.69, 9.17) is 0 Å². The molecule has 1 aromatic carbocycles. The molecule has 0 spiro atoms. The maximum atomic E-state index is 12.7. The summed E-state index contributed by atoms with van der Waals surface area (Å²) in [5, 5.41) is -0.0479. The highest BCUT2D eigenvalue weighted by Gasteiger charge is 2.39. The van der Waals surface area contributed by atoms with E-state index >= 15 is 0 Å². The molecule has 0 saturated carbocycles. The molecule has 0 bridgehead atoms. The SMILES string of the molecule is CN(C)CC(C)(C)c1ccc(S(=O)(=O)N[Si](C)(C)C(C)(C)C)cc1. The summed E-state index contributed by atoms with van der Waals surface area (Å²) in [7, 11) is -1.53. The van der Waals surface area contributed by atoms with Gasteiger partial charge in [0.2, 0.25) is 10.0 Å². The summed E-state index contributed by atoms with van der Waals surface area (Å²) < 4.78 is 28.5. The second kappa shape index (κ2) is 6.90. The van der Waals surface area contributed by atoms with Crippen molar-refractivity contribution in [3.63, 3.8) is 0 Å². The van der Waals surface area contributed by atoms with E-state index in [2.05, 4.69) is 57.0 Å². The zero-order valence-electron chi connectivity index (χ0n) is 16.7. The molecule has 0 aliphatic heterocycles. The molecular formula is C18H34N2O2SSi. The summed E-state index contributed by atoms with van der Waals surface area (Å²) in [5.41, 5.74) is 1.11. The number of likely N-dealkylation sites (N-methyl/N-ethyl adjacent to an activating group) is 1. The lowest BCUT2D eigenvalue weighted by Gasteiger charge is -2.36. The van der Waals surface area contributed by atoms with Crippen molar-refractivity contribution in [2.24, 2.45) is 0 Å². The fourth-order valence-corrected chi connectivity index (χ4v) is 7.39. The zero-order chi connectivity index (χ0) is 19.0.